The molecule has 2 N–H and O–H groups in total. The van der Waals surface area contributed by atoms with E-state index in [0.29, 0.717) is 0 Å². The molecular weight excluding hydrogens is 381 g/mol. The lowest BCUT2D eigenvalue weighted by Crippen LogP contribution is -2.16. The monoisotopic (exact) mass is 396 g/mol. The second kappa shape index (κ2) is 7.41. The van der Waals surface area contributed by atoms with Crippen LogP contribution in [0.3, 0.4) is 0 Å². The fourth-order valence-corrected chi connectivity index (χ4v) is 2.77. The number of phenols is 2. The van der Waals surface area contributed by atoms with Crippen LogP contribution in [0.15, 0.2) is 30.3 Å². The Labute approximate surface area is 157 Å². The van der Waals surface area contributed by atoms with Crippen LogP contribution in [-0.4, -0.2) is 35.0 Å². The quantitative estimate of drug-likeness (QED) is 0.748. The summed E-state index contributed by atoms with van der Waals surface area (Å²) >= 11 is 0. The maximum absolute atomic E-state index is 12.6. The van der Waals surface area contributed by atoms with E-state index in [0.717, 1.165) is 30.3 Å². The van der Waals surface area contributed by atoms with Gasteiger partial charge in [-0.1, -0.05) is 12.1 Å². The minimum atomic E-state index is -4.51. The van der Waals surface area contributed by atoms with E-state index in [1.807, 2.05) is 0 Å². The van der Waals surface area contributed by atoms with E-state index in [1.54, 1.807) is 0 Å². The first-order valence-electron chi connectivity index (χ1n) is 8.26. The molecule has 0 bridgehead atoms. The maximum atomic E-state index is 12.6. The van der Waals surface area contributed by atoms with Crippen molar-refractivity contribution in [2.45, 2.75) is 19.0 Å². The van der Waals surface area contributed by atoms with Gasteiger partial charge in [-0.05, 0) is 12.1 Å². The van der Waals surface area contributed by atoms with Gasteiger partial charge >= 0.3 is 6.18 Å². The summed E-state index contributed by atoms with van der Waals surface area (Å²) in [6.45, 7) is 0.381. The van der Waals surface area contributed by atoms with E-state index in [1.165, 1.54) is 0 Å². The van der Waals surface area contributed by atoms with Crippen LogP contribution in [0.5, 0.6) is 23.0 Å². The number of benzene rings is 2. The number of alkyl halides is 3. The van der Waals surface area contributed by atoms with Gasteiger partial charge in [0.2, 0.25) is 5.75 Å². The Hall–Kier alpha value is -3.23. The van der Waals surface area contributed by atoms with E-state index in [9.17, 15) is 33.0 Å². The molecule has 3 rings (SSSR count). The summed E-state index contributed by atoms with van der Waals surface area (Å²) < 4.78 is 48.1. The molecule has 0 amide bonds. The van der Waals surface area contributed by atoms with Gasteiger partial charge in [0.05, 0.1) is 5.56 Å². The van der Waals surface area contributed by atoms with Crippen LogP contribution in [0.2, 0.25) is 0 Å². The van der Waals surface area contributed by atoms with Crippen LogP contribution in [0.1, 0.15) is 39.1 Å². The van der Waals surface area contributed by atoms with Crippen molar-refractivity contribution >= 4 is 11.6 Å². The largest absolute Gasteiger partial charge is 0.507 e. The third-order valence-electron chi connectivity index (χ3n) is 4.18. The molecule has 0 aliphatic carbocycles. The highest BCUT2D eigenvalue weighted by atomic mass is 19.4. The highest BCUT2D eigenvalue weighted by Gasteiger charge is 2.30. The summed E-state index contributed by atoms with van der Waals surface area (Å²) in [6, 6.07) is 4.78. The summed E-state index contributed by atoms with van der Waals surface area (Å²) in [5.74, 6) is -2.33. The normalized spacial score (nSPS) is 13.2. The number of fused-ring (bicyclic) bond motifs is 1. The van der Waals surface area contributed by atoms with Crippen molar-refractivity contribution in [3.63, 3.8) is 0 Å². The number of hydrogen-bond donors (Lipinski definition) is 2. The summed E-state index contributed by atoms with van der Waals surface area (Å²) in [4.78, 5) is 24.5. The molecule has 148 valence electrons. The molecule has 0 atom stereocenters. The van der Waals surface area contributed by atoms with Crippen LogP contribution in [-0.2, 0) is 6.18 Å². The number of halogens is 3. The Morgan fingerprint density at radius 2 is 1.57 bits per heavy atom. The van der Waals surface area contributed by atoms with Gasteiger partial charge < -0.3 is 19.7 Å². The van der Waals surface area contributed by atoms with Crippen molar-refractivity contribution in [2.75, 3.05) is 13.2 Å². The lowest BCUT2D eigenvalue weighted by atomic mass is 9.99. The molecule has 28 heavy (non-hydrogen) atoms. The second-order valence-corrected chi connectivity index (χ2v) is 6.06. The minimum Gasteiger partial charge on any atom is -0.507 e. The molecule has 6 nitrogen and oxygen atoms in total. The number of ether oxygens (including phenoxy) is 2. The van der Waals surface area contributed by atoms with Crippen LogP contribution in [0.4, 0.5) is 13.2 Å². The van der Waals surface area contributed by atoms with E-state index in [2.05, 4.69) is 0 Å². The number of phenolic OH excluding ortho intramolecular Hbond substituents is 2. The highest BCUT2D eigenvalue weighted by molar-refractivity contribution is 6.05. The van der Waals surface area contributed by atoms with Gasteiger partial charge in [0.15, 0.2) is 23.1 Å². The van der Waals surface area contributed by atoms with Gasteiger partial charge in [-0.15, -0.1) is 0 Å². The van der Waals surface area contributed by atoms with Crippen molar-refractivity contribution in [2.24, 2.45) is 0 Å². The van der Waals surface area contributed by atoms with Crippen molar-refractivity contribution < 1.29 is 42.4 Å². The Bertz CT molecular complexity index is 919. The molecule has 1 aliphatic rings. The molecular formula is C19H15F3O6. The zero-order valence-corrected chi connectivity index (χ0v) is 14.4. The zero-order valence-electron chi connectivity index (χ0n) is 14.4. The number of carbonyl (C=O) groups is 2. The zero-order chi connectivity index (χ0) is 20.5. The predicted octanol–water partition coefficient (Wildman–Crippen LogP) is 3.73. The van der Waals surface area contributed by atoms with E-state index in [-0.39, 0.29) is 43.1 Å². The lowest BCUT2D eigenvalue weighted by Gasteiger charge is -2.21. The lowest BCUT2D eigenvalue weighted by molar-refractivity contribution is -0.137. The Morgan fingerprint density at radius 1 is 0.964 bits per heavy atom. The van der Waals surface area contributed by atoms with Gasteiger partial charge in [-0.3, -0.25) is 9.59 Å². The van der Waals surface area contributed by atoms with Gasteiger partial charge in [-0.2, -0.15) is 13.2 Å². The first kappa shape index (κ1) is 19.5. The van der Waals surface area contributed by atoms with Crippen LogP contribution >= 0.6 is 0 Å². The van der Waals surface area contributed by atoms with Gasteiger partial charge in [0, 0.05) is 24.5 Å². The maximum Gasteiger partial charge on any atom is 0.416 e. The van der Waals surface area contributed by atoms with Crippen molar-refractivity contribution in [3.8, 4) is 23.0 Å². The van der Waals surface area contributed by atoms with Crippen LogP contribution in [0, 0.1) is 0 Å². The van der Waals surface area contributed by atoms with E-state index < -0.39 is 40.4 Å². The third-order valence-corrected chi connectivity index (χ3v) is 4.18. The molecule has 0 aromatic heterocycles. The topological polar surface area (TPSA) is 93.1 Å². The molecule has 1 aliphatic heterocycles. The Balaban J connectivity index is 1.71. The first-order valence-corrected chi connectivity index (χ1v) is 8.26. The average Bonchev–Trinajstić information content (AvgIpc) is 2.65. The third kappa shape index (κ3) is 3.88. The summed E-state index contributed by atoms with van der Waals surface area (Å²) in [5, 5.41) is 20.2. The molecule has 0 saturated carbocycles. The fourth-order valence-electron chi connectivity index (χ4n) is 2.77. The first-order chi connectivity index (χ1) is 13.2. The Morgan fingerprint density at radius 3 is 2.21 bits per heavy atom. The predicted molar refractivity (Wildman–Crippen MR) is 90.1 cm³/mol. The summed E-state index contributed by atoms with van der Waals surface area (Å²) in [5.41, 5.74) is -1.26. The summed E-state index contributed by atoms with van der Waals surface area (Å²) in [6.07, 6.45) is -5.18. The van der Waals surface area contributed by atoms with Gasteiger partial charge in [0.25, 0.3) is 0 Å². The number of ketones is 2. The SMILES string of the molecule is O=C(CCC(=O)c1c(O)cc2c(c1O)OCCO2)c1ccc(C(F)(F)F)cc1. The van der Waals surface area contributed by atoms with Gasteiger partial charge in [0.1, 0.15) is 24.5 Å². The Kier molecular flexibility index (Phi) is 5.17. The highest BCUT2D eigenvalue weighted by Crippen LogP contribution is 2.46. The molecule has 2 aromatic carbocycles. The number of Topliss-reactive ketones (excluding diaryl/α,β-unsaturated/α-hetero) is 2. The smallest absolute Gasteiger partial charge is 0.416 e. The van der Waals surface area contributed by atoms with Crippen LogP contribution < -0.4 is 9.47 Å². The number of rotatable bonds is 5. The minimum absolute atomic E-state index is 0.0245. The molecule has 0 spiro atoms. The molecule has 0 radical (unpaired) electrons. The molecule has 0 saturated heterocycles. The molecule has 1 heterocycles. The van der Waals surface area contributed by atoms with Crippen molar-refractivity contribution in [1.29, 1.82) is 0 Å². The van der Waals surface area contributed by atoms with Crippen LogP contribution in [0.25, 0.3) is 0 Å². The second-order valence-electron chi connectivity index (χ2n) is 6.06. The van der Waals surface area contributed by atoms with E-state index >= 15 is 0 Å². The standard InChI is InChI=1S/C19H15F3O6/c20-19(21,22)11-3-1-10(2-4-11)12(23)5-6-13(24)16-14(25)9-15-18(17(16)26)28-8-7-27-15/h1-4,9,25-26H,5-8H2. The molecule has 0 unspecified atom stereocenters. The molecule has 0 fully saturated rings. The van der Waals surface area contributed by atoms with Crippen molar-refractivity contribution in [3.05, 3.63) is 47.0 Å². The molecule has 2 aromatic rings. The molecule has 9 heteroatoms. The van der Waals surface area contributed by atoms with Crippen molar-refractivity contribution in [1.82, 2.24) is 0 Å². The fraction of sp³-hybridized carbons (Fsp3) is 0.263. The number of carbonyl (C=O) groups excluding carboxylic acids is 2. The van der Waals surface area contributed by atoms with E-state index in [4.69, 9.17) is 9.47 Å². The number of aromatic hydroxyl groups is 2. The average molecular weight is 396 g/mol. The summed E-state index contributed by atoms with van der Waals surface area (Å²) in [7, 11) is 0. The number of hydrogen-bond acceptors (Lipinski definition) is 6. The van der Waals surface area contributed by atoms with Gasteiger partial charge in [-0.25, -0.2) is 0 Å².